The predicted octanol–water partition coefficient (Wildman–Crippen LogP) is 3.26. The number of carbonyl (C=O) groups excluding carboxylic acids is 1. The maximum absolute atomic E-state index is 12.7. The molecule has 0 saturated heterocycles. The molecule has 2 heterocycles. The minimum absolute atomic E-state index is 0.192. The van der Waals surface area contributed by atoms with Gasteiger partial charge in [0.1, 0.15) is 28.8 Å². The van der Waals surface area contributed by atoms with Gasteiger partial charge in [-0.15, -0.1) is 0 Å². The van der Waals surface area contributed by atoms with Crippen LogP contribution in [0.4, 0.5) is 5.82 Å². The molecule has 2 aromatic heterocycles. The van der Waals surface area contributed by atoms with Crippen LogP contribution in [0.3, 0.4) is 0 Å². The first-order chi connectivity index (χ1) is 13.1. The van der Waals surface area contributed by atoms with Crippen LogP contribution in [0.1, 0.15) is 18.9 Å². The van der Waals surface area contributed by atoms with E-state index in [2.05, 4.69) is 20.4 Å². The molecule has 27 heavy (non-hydrogen) atoms. The maximum atomic E-state index is 12.7. The first kappa shape index (κ1) is 18.6. The molecule has 0 aliphatic carbocycles. The lowest BCUT2D eigenvalue weighted by Gasteiger charge is -2.14. The third-order valence-electron chi connectivity index (χ3n) is 3.94. The van der Waals surface area contributed by atoms with E-state index in [0.717, 1.165) is 16.3 Å². The van der Waals surface area contributed by atoms with Gasteiger partial charge < -0.3 is 5.32 Å². The largest absolute Gasteiger partial charge is 0.309 e. The summed E-state index contributed by atoms with van der Waals surface area (Å²) in [6.07, 6.45) is 3.55. The van der Waals surface area contributed by atoms with Gasteiger partial charge in [0.15, 0.2) is 0 Å². The molecule has 1 amide bonds. The van der Waals surface area contributed by atoms with Gasteiger partial charge in [-0.2, -0.15) is 10.4 Å². The molecule has 8 heteroatoms. The average molecular weight is 378 g/mol. The third kappa shape index (κ3) is 4.33. The predicted molar refractivity (Wildman–Crippen MR) is 104 cm³/mol. The van der Waals surface area contributed by atoms with Crippen LogP contribution in [0.15, 0.2) is 53.9 Å². The number of nitrogens with one attached hydrogen (secondary N) is 1. The summed E-state index contributed by atoms with van der Waals surface area (Å²) in [7, 11) is 1.68. The molecule has 3 aromatic rings. The van der Waals surface area contributed by atoms with Gasteiger partial charge in [0, 0.05) is 12.6 Å². The number of hydrogen-bond acceptors (Lipinski definition) is 6. The zero-order chi connectivity index (χ0) is 19.2. The van der Waals surface area contributed by atoms with Gasteiger partial charge in [0.2, 0.25) is 5.91 Å². The third-order valence-corrected chi connectivity index (χ3v) is 5.24. The Hall–Kier alpha value is -3.18. The molecular formula is C19H18N6OS. The second-order valence-electron chi connectivity index (χ2n) is 5.75. The highest BCUT2D eigenvalue weighted by Crippen LogP contribution is 2.27. The minimum Gasteiger partial charge on any atom is -0.309 e. The molecule has 1 aromatic carbocycles. The number of amides is 1. The van der Waals surface area contributed by atoms with Gasteiger partial charge in [-0.1, -0.05) is 49.0 Å². The average Bonchev–Trinajstić information content (AvgIpc) is 3.06. The number of carbonyl (C=O) groups is 1. The summed E-state index contributed by atoms with van der Waals surface area (Å²) in [5, 5.41) is 16.3. The van der Waals surface area contributed by atoms with Crippen molar-refractivity contribution >= 4 is 23.5 Å². The van der Waals surface area contributed by atoms with E-state index >= 15 is 0 Å². The number of hydrogen-bond donors (Lipinski definition) is 1. The minimum atomic E-state index is -0.357. The highest BCUT2D eigenvalue weighted by Gasteiger charge is 2.21. The number of aromatic nitrogens is 4. The van der Waals surface area contributed by atoms with Crippen molar-refractivity contribution in [2.45, 2.75) is 23.6 Å². The zero-order valence-corrected chi connectivity index (χ0v) is 15.8. The first-order valence-corrected chi connectivity index (χ1v) is 9.27. The smallest absolute Gasteiger partial charge is 0.239 e. The van der Waals surface area contributed by atoms with Crippen LogP contribution in [0.25, 0.3) is 11.3 Å². The highest BCUT2D eigenvalue weighted by molar-refractivity contribution is 8.00. The Labute approximate surface area is 161 Å². The molecule has 1 atom stereocenters. The van der Waals surface area contributed by atoms with E-state index in [-0.39, 0.29) is 11.2 Å². The number of thioether (sulfide) groups is 1. The second kappa shape index (κ2) is 8.47. The number of aryl methyl sites for hydroxylation is 1. The molecule has 0 spiro atoms. The Bertz CT molecular complexity index is 979. The molecule has 7 nitrogen and oxygen atoms in total. The van der Waals surface area contributed by atoms with E-state index in [1.165, 1.54) is 29.0 Å². The number of benzene rings is 1. The van der Waals surface area contributed by atoms with Gasteiger partial charge in [-0.3, -0.25) is 9.48 Å². The van der Waals surface area contributed by atoms with Crippen LogP contribution in [0.5, 0.6) is 0 Å². The van der Waals surface area contributed by atoms with Crippen molar-refractivity contribution in [2.75, 3.05) is 5.32 Å². The van der Waals surface area contributed by atoms with E-state index < -0.39 is 0 Å². The monoisotopic (exact) mass is 378 g/mol. The van der Waals surface area contributed by atoms with Crippen LogP contribution >= 0.6 is 11.8 Å². The van der Waals surface area contributed by atoms with Crippen molar-refractivity contribution in [3.63, 3.8) is 0 Å². The number of anilines is 1. The summed E-state index contributed by atoms with van der Waals surface area (Å²) in [5.41, 5.74) is 2.13. The number of nitriles is 1. The topological polar surface area (TPSA) is 96.5 Å². The van der Waals surface area contributed by atoms with Crippen LogP contribution < -0.4 is 5.32 Å². The quantitative estimate of drug-likeness (QED) is 0.522. The lowest BCUT2D eigenvalue weighted by Crippen LogP contribution is -2.26. The molecule has 136 valence electrons. The van der Waals surface area contributed by atoms with E-state index in [1.807, 2.05) is 49.4 Å². The molecule has 0 fully saturated rings. The fourth-order valence-corrected chi connectivity index (χ4v) is 3.42. The van der Waals surface area contributed by atoms with Crippen molar-refractivity contribution < 1.29 is 4.79 Å². The molecule has 1 N–H and O–H groups in total. The Morgan fingerprint density at radius 2 is 2.11 bits per heavy atom. The van der Waals surface area contributed by atoms with Crippen molar-refractivity contribution in [1.29, 1.82) is 5.26 Å². The molecule has 0 radical (unpaired) electrons. The van der Waals surface area contributed by atoms with Gasteiger partial charge in [-0.05, 0) is 12.5 Å². The fourth-order valence-electron chi connectivity index (χ4n) is 2.50. The Morgan fingerprint density at radius 3 is 2.81 bits per heavy atom. The van der Waals surface area contributed by atoms with Crippen molar-refractivity contribution in [3.05, 3.63) is 54.5 Å². The summed E-state index contributed by atoms with van der Waals surface area (Å²) < 4.78 is 1.48. The number of rotatable bonds is 6. The number of nitrogens with zero attached hydrogens (tertiary/aromatic N) is 5. The maximum Gasteiger partial charge on any atom is 0.239 e. The van der Waals surface area contributed by atoms with E-state index in [9.17, 15) is 4.79 Å². The molecule has 1 unspecified atom stereocenters. The lowest BCUT2D eigenvalue weighted by molar-refractivity contribution is -0.115. The summed E-state index contributed by atoms with van der Waals surface area (Å²) in [6, 6.07) is 13.7. The SMILES string of the molecule is CCC(Sc1cc(-c2ccccc2)ncn1)C(=O)Nc1c(C#N)cnn1C. The van der Waals surface area contributed by atoms with E-state index in [1.54, 1.807) is 7.05 Å². The molecular weight excluding hydrogens is 360 g/mol. The van der Waals surface area contributed by atoms with Crippen molar-refractivity contribution in [3.8, 4) is 17.3 Å². The van der Waals surface area contributed by atoms with Crippen LogP contribution in [0, 0.1) is 11.3 Å². The van der Waals surface area contributed by atoms with Gasteiger partial charge in [-0.25, -0.2) is 9.97 Å². The molecule has 3 rings (SSSR count). The summed E-state index contributed by atoms with van der Waals surface area (Å²) in [5.74, 6) is 0.205. The summed E-state index contributed by atoms with van der Waals surface area (Å²) in [6.45, 7) is 1.94. The molecule has 0 aliphatic heterocycles. The summed E-state index contributed by atoms with van der Waals surface area (Å²) in [4.78, 5) is 21.3. The zero-order valence-electron chi connectivity index (χ0n) is 15.0. The van der Waals surface area contributed by atoms with Crippen molar-refractivity contribution in [1.82, 2.24) is 19.7 Å². The summed E-state index contributed by atoms with van der Waals surface area (Å²) >= 11 is 1.37. The molecule has 0 saturated carbocycles. The Balaban J connectivity index is 1.76. The standard InChI is InChI=1S/C19H18N6OS/c1-3-16(19(26)24-18-14(10-20)11-23-25(18)2)27-17-9-15(21-12-22-17)13-7-5-4-6-8-13/h4-9,11-12,16H,3H2,1-2H3,(H,24,26). The molecule has 0 aliphatic rings. The molecule has 0 bridgehead atoms. The normalized spacial score (nSPS) is 11.6. The highest BCUT2D eigenvalue weighted by atomic mass is 32.2. The van der Waals surface area contributed by atoms with Crippen molar-refractivity contribution in [2.24, 2.45) is 7.05 Å². The van der Waals surface area contributed by atoms with Crippen LogP contribution in [0.2, 0.25) is 0 Å². The Kier molecular flexibility index (Phi) is 5.84. The van der Waals surface area contributed by atoms with E-state index in [0.29, 0.717) is 17.8 Å². The van der Waals surface area contributed by atoms with Gasteiger partial charge in [0.05, 0.1) is 17.1 Å². The lowest BCUT2D eigenvalue weighted by atomic mass is 10.1. The second-order valence-corrected chi connectivity index (χ2v) is 6.98. The van der Waals surface area contributed by atoms with E-state index in [4.69, 9.17) is 5.26 Å². The Morgan fingerprint density at radius 1 is 1.33 bits per heavy atom. The van der Waals surface area contributed by atoms with Gasteiger partial charge in [0.25, 0.3) is 0 Å². The fraction of sp³-hybridized carbons (Fsp3) is 0.211. The van der Waals surface area contributed by atoms with Gasteiger partial charge >= 0.3 is 0 Å². The van der Waals surface area contributed by atoms with Crippen LogP contribution in [-0.2, 0) is 11.8 Å². The van der Waals surface area contributed by atoms with Crippen LogP contribution in [-0.4, -0.2) is 30.9 Å². The first-order valence-electron chi connectivity index (χ1n) is 8.39.